The van der Waals surface area contributed by atoms with E-state index in [1.807, 2.05) is 0 Å². The Bertz CT molecular complexity index is 1120. The summed E-state index contributed by atoms with van der Waals surface area (Å²) < 4.78 is 90.8. The summed E-state index contributed by atoms with van der Waals surface area (Å²) in [6.07, 6.45) is -1.28. The monoisotopic (exact) mass is 479 g/mol. The Balaban J connectivity index is 2.56. The molecule has 0 saturated carbocycles. The molecule has 0 aliphatic carbocycles. The van der Waals surface area contributed by atoms with Gasteiger partial charge in [-0.05, 0) is 51.0 Å². The SMILES string of the molecule is C[C@H](c1ccc(-c2cccc(F)c2CS(=O)(=O)C(F)(F)F)cc1F)N(C(=O)O)C(C)(C)C. The van der Waals surface area contributed by atoms with Gasteiger partial charge in [0, 0.05) is 16.7 Å². The molecule has 2 aromatic carbocycles. The smallest absolute Gasteiger partial charge is 0.465 e. The van der Waals surface area contributed by atoms with E-state index < -0.39 is 56.0 Å². The lowest BCUT2D eigenvalue weighted by atomic mass is 9.95. The first kappa shape index (κ1) is 25.6. The maximum atomic E-state index is 14.9. The third kappa shape index (κ3) is 5.20. The predicted molar refractivity (Wildman–Crippen MR) is 109 cm³/mol. The van der Waals surface area contributed by atoms with Gasteiger partial charge in [-0.15, -0.1) is 0 Å². The highest BCUT2D eigenvalue weighted by atomic mass is 32.2. The topological polar surface area (TPSA) is 74.7 Å². The second kappa shape index (κ2) is 8.68. The van der Waals surface area contributed by atoms with Crippen LogP contribution in [0.15, 0.2) is 36.4 Å². The van der Waals surface area contributed by atoms with E-state index in [0.29, 0.717) is 0 Å². The number of alkyl halides is 3. The Morgan fingerprint density at radius 3 is 2.12 bits per heavy atom. The van der Waals surface area contributed by atoms with Gasteiger partial charge in [0.1, 0.15) is 11.6 Å². The van der Waals surface area contributed by atoms with Gasteiger partial charge < -0.3 is 5.11 Å². The lowest BCUT2D eigenvalue weighted by Crippen LogP contribution is -2.46. The average molecular weight is 479 g/mol. The molecular formula is C21H22F5NO4S. The van der Waals surface area contributed by atoms with Crippen LogP contribution in [0.2, 0.25) is 0 Å². The number of hydrogen-bond acceptors (Lipinski definition) is 3. The summed E-state index contributed by atoms with van der Waals surface area (Å²) in [4.78, 5) is 12.7. The molecule has 0 heterocycles. The van der Waals surface area contributed by atoms with Crippen LogP contribution in [0.25, 0.3) is 11.1 Å². The summed E-state index contributed by atoms with van der Waals surface area (Å²) in [7, 11) is -5.68. The Labute approximate surface area is 182 Å². The largest absolute Gasteiger partial charge is 0.497 e. The second-order valence-electron chi connectivity index (χ2n) is 8.21. The highest BCUT2D eigenvalue weighted by Gasteiger charge is 2.46. The molecule has 1 N–H and O–H groups in total. The van der Waals surface area contributed by atoms with Crippen molar-refractivity contribution in [3.05, 3.63) is 59.2 Å². The molecule has 5 nitrogen and oxygen atoms in total. The number of rotatable bonds is 5. The molecule has 0 radical (unpaired) electrons. The van der Waals surface area contributed by atoms with Gasteiger partial charge in [0.2, 0.25) is 0 Å². The van der Waals surface area contributed by atoms with Gasteiger partial charge in [-0.2, -0.15) is 13.2 Å². The van der Waals surface area contributed by atoms with E-state index in [-0.39, 0.29) is 16.7 Å². The van der Waals surface area contributed by atoms with E-state index in [4.69, 9.17) is 0 Å². The summed E-state index contributed by atoms with van der Waals surface area (Å²) in [5.74, 6) is -3.70. The molecule has 0 unspecified atom stereocenters. The van der Waals surface area contributed by atoms with Crippen molar-refractivity contribution in [1.29, 1.82) is 0 Å². The molecule has 0 aliphatic rings. The molecule has 0 aliphatic heterocycles. The first-order chi connectivity index (χ1) is 14.5. The van der Waals surface area contributed by atoms with E-state index in [1.54, 1.807) is 20.8 Å². The number of sulfone groups is 1. The van der Waals surface area contributed by atoms with Crippen LogP contribution in [0.4, 0.5) is 26.7 Å². The van der Waals surface area contributed by atoms with Gasteiger partial charge in [-0.1, -0.05) is 24.3 Å². The highest BCUT2D eigenvalue weighted by Crippen LogP contribution is 2.35. The molecule has 1 atom stereocenters. The molecule has 0 bridgehead atoms. The quantitative estimate of drug-likeness (QED) is 0.542. The van der Waals surface area contributed by atoms with Crippen molar-refractivity contribution >= 4 is 15.9 Å². The fourth-order valence-electron chi connectivity index (χ4n) is 3.45. The number of carbonyl (C=O) groups is 1. The van der Waals surface area contributed by atoms with Crippen molar-refractivity contribution in [2.45, 2.75) is 50.5 Å². The summed E-state index contributed by atoms with van der Waals surface area (Å²) in [5, 5.41) is 9.52. The van der Waals surface area contributed by atoms with Gasteiger partial charge in [-0.25, -0.2) is 22.0 Å². The van der Waals surface area contributed by atoms with E-state index in [2.05, 4.69) is 0 Å². The number of amides is 1. The summed E-state index contributed by atoms with van der Waals surface area (Å²) in [6, 6.07) is 5.66. The van der Waals surface area contributed by atoms with E-state index in [9.17, 15) is 40.3 Å². The van der Waals surface area contributed by atoms with Crippen molar-refractivity contribution in [3.8, 4) is 11.1 Å². The van der Waals surface area contributed by atoms with E-state index >= 15 is 0 Å². The molecule has 176 valence electrons. The van der Waals surface area contributed by atoms with E-state index in [0.717, 1.165) is 23.1 Å². The van der Waals surface area contributed by atoms with Crippen LogP contribution in [-0.2, 0) is 15.6 Å². The van der Waals surface area contributed by atoms with Crippen molar-refractivity contribution in [1.82, 2.24) is 4.90 Å². The molecule has 0 aromatic heterocycles. The molecule has 0 saturated heterocycles. The molecule has 0 spiro atoms. The minimum Gasteiger partial charge on any atom is -0.465 e. The third-order valence-corrected chi connectivity index (χ3v) is 6.26. The zero-order valence-corrected chi connectivity index (χ0v) is 18.5. The Morgan fingerprint density at radius 2 is 1.66 bits per heavy atom. The number of carboxylic acid groups (broad SMARTS) is 1. The summed E-state index contributed by atoms with van der Waals surface area (Å²) in [5.41, 5.74) is -7.47. The average Bonchev–Trinajstić information content (AvgIpc) is 2.60. The Morgan fingerprint density at radius 1 is 1.06 bits per heavy atom. The lowest BCUT2D eigenvalue weighted by Gasteiger charge is -2.38. The summed E-state index contributed by atoms with van der Waals surface area (Å²) >= 11 is 0. The normalized spacial score (nSPS) is 13.7. The number of hydrogen-bond donors (Lipinski definition) is 1. The van der Waals surface area contributed by atoms with Crippen LogP contribution in [-0.4, -0.2) is 35.6 Å². The Kier molecular flexibility index (Phi) is 6.94. The van der Waals surface area contributed by atoms with Crippen molar-refractivity contribution in [3.63, 3.8) is 0 Å². The fourth-order valence-corrected chi connectivity index (χ4v) is 4.29. The fraction of sp³-hybridized carbons (Fsp3) is 0.381. The van der Waals surface area contributed by atoms with Crippen LogP contribution >= 0.6 is 0 Å². The van der Waals surface area contributed by atoms with Gasteiger partial charge in [0.25, 0.3) is 9.84 Å². The zero-order valence-electron chi connectivity index (χ0n) is 17.7. The molecule has 2 aromatic rings. The minimum absolute atomic E-state index is 0.00746. The number of nitrogens with zero attached hydrogens (tertiary/aromatic N) is 1. The van der Waals surface area contributed by atoms with Gasteiger partial charge in [0.15, 0.2) is 0 Å². The van der Waals surface area contributed by atoms with Crippen molar-refractivity contribution in [2.24, 2.45) is 0 Å². The van der Waals surface area contributed by atoms with Crippen LogP contribution in [0, 0.1) is 11.6 Å². The standard InChI is InChI=1S/C21H22F5NO4S/c1-12(27(19(28)29)20(2,3)4)14-9-8-13(10-18(14)23)15-6-5-7-17(22)16(15)11-32(30,31)21(24,25)26/h5-10,12H,11H2,1-4H3,(H,28,29)/t12-/m1/s1. The first-order valence-corrected chi connectivity index (χ1v) is 11.0. The minimum atomic E-state index is -5.68. The first-order valence-electron chi connectivity index (χ1n) is 9.36. The lowest BCUT2D eigenvalue weighted by molar-refractivity contribution is -0.0437. The number of benzene rings is 2. The second-order valence-corrected chi connectivity index (χ2v) is 10.2. The van der Waals surface area contributed by atoms with Crippen LogP contribution < -0.4 is 0 Å². The van der Waals surface area contributed by atoms with Crippen LogP contribution in [0.3, 0.4) is 0 Å². The molecule has 11 heteroatoms. The van der Waals surface area contributed by atoms with Gasteiger partial charge in [-0.3, -0.25) is 4.90 Å². The van der Waals surface area contributed by atoms with Crippen LogP contribution in [0.5, 0.6) is 0 Å². The van der Waals surface area contributed by atoms with E-state index in [1.165, 1.54) is 25.1 Å². The maximum Gasteiger partial charge on any atom is 0.497 e. The molecule has 1 amide bonds. The molecule has 32 heavy (non-hydrogen) atoms. The zero-order chi connectivity index (χ0) is 24.6. The van der Waals surface area contributed by atoms with Crippen molar-refractivity contribution < 1.29 is 40.3 Å². The number of halogens is 5. The van der Waals surface area contributed by atoms with Crippen LogP contribution in [0.1, 0.15) is 44.9 Å². The maximum absolute atomic E-state index is 14.9. The molecule has 2 rings (SSSR count). The Hall–Kier alpha value is -2.69. The predicted octanol–water partition coefficient (Wildman–Crippen LogP) is 5.91. The molecule has 0 fully saturated rings. The molecular weight excluding hydrogens is 457 g/mol. The van der Waals surface area contributed by atoms with Gasteiger partial charge in [0.05, 0.1) is 11.8 Å². The van der Waals surface area contributed by atoms with Gasteiger partial charge >= 0.3 is 11.6 Å². The highest BCUT2D eigenvalue weighted by molar-refractivity contribution is 7.91. The third-order valence-electron chi connectivity index (χ3n) is 4.88. The van der Waals surface area contributed by atoms with Crippen molar-refractivity contribution in [2.75, 3.05) is 0 Å². The summed E-state index contributed by atoms with van der Waals surface area (Å²) in [6.45, 7) is 6.36.